The van der Waals surface area contributed by atoms with Crippen LogP contribution >= 0.6 is 0 Å². The Morgan fingerprint density at radius 1 is 1.20 bits per heavy atom. The molecule has 1 atom stereocenters. The zero-order valence-corrected chi connectivity index (χ0v) is 6.55. The first-order chi connectivity index (χ1) is 4.84. The van der Waals surface area contributed by atoms with Crippen LogP contribution in [0.5, 0.6) is 0 Å². The fourth-order valence-corrected chi connectivity index (χ4v) is 1.75. The lowest BCUT2D eigenvalue weighted by molar-refractivity contribution is 0.308. The molecule has 0 saturated heterocycles. The third-order valence-corrected chi connectivity index (χ3v) is 2.53. The van der Waals surface area contributed by atoms with Crippen LogP contribution in [0.4, 0.5) is 0 Å². The van der Waals surface area contributed by atoms with Crippen molar-refractivity contribution < 1.29 is 0 Å². The molecule has 1 rings (SSSR count). The summed E-state index contributed by atoms with van der Waals surface area (Å²) in [5.41, 5.74) is 11.3. The minimum absolute atomic E-state index is 0.264. The van der Waals surface area contributed by atoms with E-state index in [1.54, 1.807) is 0 Å². The van der Waals surface area contributed by atoms with Gasteiger partial charge in [0.2, 0.25) is 0 Å². The first-order valence-corrected chi connectivity index (χ1v) is 4.30. The Balaban J connectivity index is 2.24. The summed E-state index contributed by atoms with van der Waals surface area (Å²) in [4.78, 5) is 0. The van der Waals surface area contributed by atoms with Gasteiger partial charge in [-0.15, -0.1) is 0 Å². The summed E-state index contributed by atoms with van der Waals surface area (Å²) >= 11 is 0. The van der Waals surface area contributed by atoms with Gasteiger partial charge in [0.15, 0.2) is 0 Å². The molecule has 1 aliphatic carbocycles. The Hall–Kier alpha value is -0.0800. The Morgan fingerprint density at radius 3 is 2.30 bits per heavy atom. The van der Waals surface area contributed by atoms with Crippen molar-refractivity contribution in [1.29, 1.82) is 0 Å². The second-order valence-corrected chi connectivity index (χ2v) is 3.30. The average molecular weight is 142 g/mol. The van der Waals surface area contributed by atoms with Crippen molar-refractivity contribution in [2.45, 2.75) is 38.1 Å². The molecule has 2 heteroatoms. The third-order valence-electron chi connectivity index (χ3n) is 2.53. The molecule has 0 bridgehead atoms. The summed E-state index contributed by atoms with van der Waals surface area (Å²) in [6.07, 6.45) is 6.72. The van der Waals surface area contributed by atoms with Crippen LogP contribution in [0.2, 0.25) is 0 Å². The predicted molar refractivity (Wildman–Crippen MR) is 43.6 cm³/mol. The van der Waals surface area contributed by atoms with Gasteiger partial charge in [0, 0.05) is 12.6 Å². The van der Waals surface area contributed by atoms with Crippen molar-refractivity contribution >= 4 is 0 Å². The van der Waals surface area contributed by atoms with E-state index in [0.29, 0.717) is 6.54 Å². The van der Waals surface area contributed by atoms with Crippen LogP contribution in [0.15, 0.2) is 0 Å². The lowest BCUT2D eigenvalue weighted by atomic mass is 9.84. The van der Waals surface area contributed by atoms with Gasteiger partial charge in [-0.05, 0) is 18.8 Å². The highest BCUT2D eigenvalue weighted by molar-refractivity contribution is 4.76. The first-order valence-electron chi connectivity index (χ1n) is 4.30. The van der Waals surface area contributed by atoms with E-state index < -0.39 is 0 Å². The Labute approximate surface area is 63.0 Å². The molecular weight excluding hydrogens is 124 g/mol. The summed E-state index contributed by atoms with van der Waals surface area (Å²) < 4.78 is 0. The van der Waals surface area contributed by atoms with Crippen molar-refractivity contribution in [2.24, 2.45) is 17.4 Å². The van der Waals surface area contributed by atoms with E-state index in [0.717, 1.165) is 5.92 Å². The molecule has 0 spiro atoms. The molecule has 0 aromatic heterocycles. The number of hydrogen-bond acceptors (Lipinski definition) is 2. The maximum absolute atomic E-state index is 5.82. The first kappa shape index (κ1) is 8.02. The molecule has 0 aromatic carbocycles. The highest BCUT2D eigenvalue weighted by Gasteiger charge is 2.18. The smallest absolute Gasteiger partial charge is 0.0191 e. The summed E-state index contributed by atoms with van der Waals surface area (Å²) in [5, 5.41) is 0. The van der Waals surface area contributed by atoms with Crippen molar-refractivity contribution in [3.63, 3.8) is 0 Å². The van der Waals surface area contributed by atoms with Gasteiger partial charge in [-0.2, -0.15) is 0 Å². The normalized spacial score (nSPS) is 24.6. The summed E-state index contributed by atoms with van der Waals surface area (Å²) in [6, 6.07) is 0.264. The van der Waals surface area contributed by atoms with E-state index in [1.807, 2.05) is 0 Å². The van der Waals surface area contributed by atoms with Gasteiger partial charge in [-0.3, -0.25) is 0 Å². The number of hydrogen-bond donors (Lipinski definition) is 2. The van der Waals surface area contributed by atoms with E-state index >= 15 is 0 Å². The van der Waals surface area contributed by atoms with Crippen molar-refractivity contribution in [2.75, 3.05) is 6.54 Å². The maximum Gasteiger partial charge on any atom is 0.0191 e. The SMILES string of the molecule is NC[C@@H](N)C1CCCCC1. The van der Waals surface area contributed by atoms with Gasteiger partial charge in [0.25, 0.3) is 0 Å². The molecule has 0 amide bonds. The fourth-order valence-electron chi connectivity index (χ4n) is 1.75. The van der Waals surface area contributed by atoms with Gasteiger partial charge in [0.1, 0.15) is 0 Å². The molecular formula is C8H18N2. The second kappa shape index (κ2) is 3.94. The largest absolute Gasteiger partial charge is 0.329 e. The summed E-state index contributed by atoms with van der Waals surface area (Å²) in [7, 11) is 0. The molecule has 1 aliphatic rings. The van der Waals surface area contributed by atoms with Crippen LogP contribution < -0.4 is 11.5 Å². The minimum Gasteiger partial charge on any atom is -0.329 e. The predicted octanol–water partition coefficient (Wildman–Crippen LogP) is 0.853. The van der Waals surface area contributed by atoms with Crippen LogP contribution in [0.3, 0.4) is 0 Å². The molecule has 0 radical (unpaired) electrons. The van der Waals surface area contributed by atoms with Gasteiger partial charge in [-0.25, -0.2) is 0 Å². The lowest BCUT2D eigenvalue weighted by Gasteiger charge is -2.26. The highest BCUT2D eigenvalue weighted by atomic mass is 14.7. The van der Waals surface area contributed by atoms with Crippen LogP contribution in [0, 0.1) is 5.92 Å². The maximum atomic E-state index is 5.82. The van der Waals surface area contributed by atoms with Gasteiger partial charge < -0.3 is 11.5 Å². The molecule has 1 saturated carbocycles. The molecule has 10 heavy (non-hydrogen) atoms. The molecule has 60 valence electrons. The van der Waals surface area contributed by atoms with E-state index in [-0.39, 0.29) is 6.04 Å². The standard InChI is InChI=1S/C8H18N2/c9-6-8(10)7-4-2-1-3-5-7/h7-8H,1-6,9-10H2/t8-/m1/s1. The third kappa shape index (κ3) is 1.96. The van der Waals surface area contributed by atoms with Gasteiger partial charge in [-0.1, -0.05) is 19.3 Å². The monoisotopic (exact) mass is 142 g/mol. The Bertz CT molecular complexity index is 87.3. The molecule has 0 aromatic rings. The Kier molecular flexibility index (Phi) is 3.16. The molecule has 0 aliphatic heterocycles. The Morgan fingerprint density at radius 2 is 1.80 bits per heavy atom. The molecule has 0 unspecified atom stereocenters. The van der Waals surface area contributed by atoms with Crippen molar-refractivity contribution in [1.82, 2.24) is 0 Å². The van der Waals surface area contributed by atoms with Crippen LogP contribution in [-0.2, 0) is 0 Å². The lowest BCUT2D eigenvalue weighted by Crippen LogP contribution is -2.38. The van der Waals surface area contributed by atoms with Crippen molar-refractivity contribution in [3.05, 3.63) is 0 Å². The zero-order chi connectivity index (χ0) is 7.40. The summed E-state index contributed by atoms with van der Waals surface area (Å²) in [6.45, 7) is 0.657. The molecule has 2 nitrogen and oxygen atoms in total. The van der Waals surface area contributed by atoms with Gasteiger partial charge >= 0.3 is 0 Å². The van der Waals surface area contributed by atoms with E-state index in [2.05, 4.69) is 0 Å². The van der Waals surface area contributed by atoms with E-state index in [4.69, 9.17) is 11.5 Å². The van der Waals surface area contributed by atoms with E-state index in [1.165, 1.54) is 32.1 Å². The second-order valence-electron chi connectivity index (χ2n) is 3.30. The van der Waals surface area contributed by atoms with Crippen LogP contribution in [-0.4, -0.2) is 12.6 Å². The number of rotatable bonds is 2. The van der Waals surface area contributed by atoms with E-state index in [9.17, 15) is 0 Å². The average Bonchev–Trinajstić information content (AvgIpc) is 2.05. The number of nitrogens with two attached hydrogens (primary N) is 2. The van der Waals surface area contributed by atoms with Gasteiger partial charge in [0.05, 0.1) is 0 Å². The van der Waals surface area contributed by atoms with Crippen LogP contribution in [0.25, 0.3) is 0 Å². The quantitative estimate of drug-likeness (QED) is 0.600. The zero-order valence-electron chi connectivity index (χ0n) is 6.55. The molecule has 1 fully saturated rings. The molecule has 4 N–H and O–H groups in total. The summed E-state index contributed by atoms with van der Waals surface area (Å²) in [5.74, 6) is 0.721. The minimum atomic E-state index is 0.264. The van der Waals surface area contributed by atoms with Crippen molar-refractivity contribution in [3.8, 4) is 0 Å². The fraction of sp³-hybridized carbons (Fsp3) is 1.00. The topological polar surface area (TPSA) is 52.0 Å². The molecule has 0 heterocycles. The highest BCUT2D eigenvalue weighted by Crippen LogP contribution is 2.24. The van der Waals surface area contributed by atoms with Crippen LogP contribution in [0.1, 0.15) is 32.1 Å².